The zero-order valence-electron chi connectivity index (χ0n) is 9.11. The van der Waals surface area contributed by atoms with Crippen molar-refractivity contribution >= 4 is 17.2 Å². The van der Waals surface area contributed by atoms with Crippen LogP contribution in [0.3, 0.4) is 0 Å². The van der Waals surface area contributed by atoms with E-state index >= 15 is 0 Å². The molecular formula is C12H8F2N4. The van der Waals surface area contributed by atoms with Gasteiger partial charge in [-0.1, -0.05) is 6.07 Å². The lowest BCUT2D eigenvalue weighted by Gasteiger charge is -2.08. The second kappa shape index (κ2) is 4.67. The van der Waals surface area contributed by atoms with Crippen LogP contribution in [0.4, 0.5) is 26.0 Å². The second-order valence-electron chi connectivity index (χ2n) is 3.50. The minimum absolute atomic E-state index is 0.0937. The van der Waals surface area contributed by atoms with Crippen LogP contribution >= 0.6 is 0 Å². The van der Waals surface area contributed by atoms with Crippen molar-refractivity contribution in [2.24, 2.45) is 0 Å². The molecule has 0 radical (unpaired) electrons. The van der Waals surface area contributed by atoms with Gasteiger partial charge in [0.15, 0.2) is 11.6 Å². The van der Waals surface area contributed by atoms with Crippen molar-refractivity contribution in [3.8, 4) is 6.07 Å². The minimum Gasteiger partial charge on any atom is -0.397 e. The Labute approximate surface area is 102 Å². The van der Waals surface area contributed by atoms with Gasteiger partial charge in [-0.15, -0.1) is 0 Å². The van der Waals surface area contributed by atoms with Crippen molar-refractivity contribution in [3.63, 3.8) is 0 Å². The zero-order chi connectivity index (χ0) is 13.1. The summed E-state index contributed by atoms with van der Waals surface area (Å²) in [6.07, 6.45) is 1.32. The lowest BCUT2D eigenvalue weighted by Crippen LogP contribution is -2.01. The summed E-state index contributed by atoms with van der Waals surface area (Å²) in [5.41, 5.74) is 5.85. The quantitative estimate of drug-likeness (QED) is 0.853. The molecule has 6 heteroatoms. The predicted molar refractivity (Wildman–Crippen MR) is 63.0 cm³/mol. The fourth-order valence-electron chi connectivity index (χ4n) is 1.39. The summed E-state index contributed by atoms with van der Waals surface area (Å²) in [6, 6.07) is 6.96. The lowest BCUT2D eigenvalue weighted by molar-refractivity contribution is 0.511. The summed E-state index contributed by atoms with van der Waals surface area (Å²) >= 11 is 0. The summed E-state index contributed by atoms with van der Waals surface area (Å²) in [5, 5.41) is 11.4. The van der Waals surface area contributed by atoms with Gasteiger partial charge in [-0.05, 0) is 18.2 Å². The standard InChI is InChI=1S/C12H8F2N4/c13-9-2-1-3-10(11(9)14)18-12-7(5-15)4-8(16)6-17-12/h1-4,6H,16H2,(H,17,18). The zero-order valence-corrected chi connectivity index (χ0v) is 9.11. The predicted octanol–water partition coefficient (Wildman–Crippen LogP) is 2.56. The van der Waals surface area contributed by atoms with E-state index in [-0.39, 0.29) is 17.1 Å². The van der Waals surface area contributed by atoms with E-state index in [1.807, 2.05) is 6.07 Å². The average Bonchev–Trinajstić information content (AvgIpc) is 2.37. The van der Waals surface area contributed by atoms with E-state index in [9.17, 15) is 8.78 Å². The maximum atomic E-state index is 13.4. The number of nitrogens with one attached hydrogen (secondary N) is 1. The number of pyridine rings is 1. The first kappa shape index (κ1) is 11.8. The van der Waals surface area contributed by atoms with Gasteiger partial charge in [-0.25, -0.2) is 13.8 Å². The third kappa shape index (κ3) is 2.20. The molecule has 1 heterocycles. The molecule has 2 aromatic rings. The third-order valence-corrected chi connectivity index (χ3v) is 2.23. The molecule has 0 saturated heterocycles. The van der Waals surface area contributed by atoms with Crippen LogP contribution in [0.25, 0.3) is 0 Å². The number of anilines is 3. The van der Waals surface area contributed by atoms with Crippen LogP contribution in [0, 0.1) is 23.0 Å². The molecule has 0 aliphatic carbocycles. The topological polar surface area (TPSA) is 74.7 Å². The van der Waals surface area contributed by atoms with Crippen LogP contribution in [-0.4, -0.2) is 4.98 Å². The molecule has 0 saturated carbocycles. The molecule has 0 aliphatic heterocycles. The van der Waals surface area contributed by atoms with Gasteiger partial charge in [-0.2, -0.15) is 5.26 Å². The van der Waals surface area contributed by atoms with Crippen LogP contribution in [0.2, 0.25) is 0 Å². The monoisotopic (exact) mass is 246 g/mol. The van der Waals surface area contributed by atoms with Crippen molar-refractivity contribution in [3.05, 3.63) is 47.7 Å². The smallest absolute Gasteiger partial charge is 0.182 e. The van der Waals surface area contributed by atoms with E-state index in [1.54, 1.807) is 0 Å². The number of rotatable bonds is 2. The number of hydrogen-bond acceptors (Lipinski definition) is 4. The Balaban J connectivity index is 2.41. The first-order chi connectivity index (χ1) is 8.61. The first-order valence-electron chi connectivity index (χ1n) is 4.98. The van der Waals surface area contributed by atoms with Gasteiger partial charge < -0.3 is 11.1 Å². The molecule has 0 spiro atoms. The maximum absolute atomic E-state index is 13.4. The first-order valence-corrected chi connectivity index (χ1v) is 4.98. The molecule has 2 rings (SSSR count). The van der Waals surface area contributed by atoms with Crippen LogP contribution in [0.5, 0.6) is 0 Å². The molecule has 90 valence electrons. The lowest BCUT2D eigenvalue weighted by atomic mass is 10.2. The number of hydrogen-bond donors (Lipinski definition) is 2. The van der Waals surface area contributed by atoms with Gasteiger partial charge in [0, 0.05) is 0 Å². The van der Waals surface area contributed by atoms with Gasteiger partial charge >= 0.3 is 0 Å². The molecule has 18 heavy (non-hydrogen) atoms. The number of nitriles is 1. The van der Waals surface area contributed by atoms with Crippen molar-refractivity contribution in [1.29, 1.82) is 5.26 Å². The molecule has 4 nitrogen and oxygen atoms in total. The van der Waals surface area contributed by atoms with Crippen LogP contribution in [0.15, 0.2) is 30.5 Å². The van der Waals surface area contributed by atoms with E-state index < -0.39 is 11.6 Å². The molecular weight excluding hydrogens is 238 g/mol. The van der Waals surface area contributed by atoms with Gasteiger partial charge in [0.25, 0.3) is 0 Å². The SMILES string of the molecule is N#Cc1cc(N)cnc1Nc1cccc(F)c1F. The van der Waals surface area contributed by atoms with Gasteiger partial charge in [0.1, 0.15) is 11.9 Å². The molecule has 0 amide bonds. The Morgan fingerprint density at radius 1 is 1.33 bits per heavy atom. The van der Waals surface area contributed by atoms with E-state index in [4.69, 9.17) is 11.0 Å². The minimum atomic E-state index is -1.03. The number of aromatic nitrogens is 1. The number of nitrogens with zero attached hydrogens (tertiary/aromatic N) is 2. The Kier molecular flexibility index (Phi) is 3.06. The molecule has 0 aliphatic rings. The fourth-order valence-corrected chi connectivity index (χ4v) is 1.39. The van der Waals surface area contributed by atoms with Crippen molar-refractivity contribution in [2.45, 2.75) is 0 Å². The molecule has 1 aromatic carbocycles. The van der Waals surface area contributed by atoms with E-state index in [2.05, 4.69) is 10.3 Å². The molecule has 3 N–H and O–H groups in total. The molecule has 0 atom stereocenters. The summed E-state index contributed by atoms with van der Waals surface area (Å²) in [6.45, 7) is 0. The van der Waals surface area contributed by atoms with Gasteiger partial charge in [0.05, 0.1) is 23.1 Å². The Hall–Kier alpha value is -2.68. The number of nitrogen functional groups attached to an aromatic ring is 1. The van der Waals surface area contributed by atoms with Crippen molar-refractivity contribution < 1.29 is 8.78 Å². The van der Waals surface area contributed by atoms with Crippen molar-refractivity contribution in [2.75, 3.05) is 11.1 Å². The number of nitrogens with two attached hydrogens (primary N) is 1. The molecule has 0 bridgehead atoms. The number of halogens is 2. The molecule has 0 fully saturated rings. The fraction of sp³-hybridized carbons (Fsp3) is 0. The summed E-state index contributed by atoms with van der Waals surface area (Å²) in [5.74, 6) is -1.88. The Morgan fingerprint density at radius 3 is 2.83 bits per heavy atom. The highest BCUT2D eigenvalue weighted by Crippen LogP contribution is 2.23. The number of benzene rings is 1. The highest BCUT2D eigenvalue weighted by Gasteiger charge is 2.10. The van der Waals surface area contributed by atoms with Crippen molar-refractivity contribution in [1.82, 2.24) is 4.98 Å². The molecule has 1 aromatic heterocycles. The van der Waals surface area contributed by atoms with Gasteiger partial charge in [-0.3, -0.25) is 0 Å². The Bertz CT molecular complexity index is 634. The summed E-state index contributed by atoms with van der Waals surface area (Å²) in [7, 11) is 0. The summed E-state index contributed by atoms with van der Waals surface area (Å²) < 4.78 is 26.4. The van der Waals surface area contributed by atoms with E-state index in [0.29, 0.717) is 5.69 Å². The van der Waals surface area contributed by atoms with Crippen LogP contribution in [-0.2, 0) is 0 Å². The van der Waals surface area contributed by atoms with Crippen LogP contribution < -0.4 is 11.1 Å². The normalized spacial score (nSPS) is 9.83. The third-order valence-electron chi connectivity index (χ3n) is 2.23. The largest absolute Gasteiger partial charge is 0.397 e. The summed E-state index contributed by atoms with van der Waals surface area (Å²) in [4.78, 5) is 3.87. The van der Waals surface area contributed by atoms with Gasteiger partial charge in [0.2, 0.25) is 0 Å². The van der Waals surface area contributed by atoms with Crippen LogP contribution in [0.1, 0.15) is 5.56 Å². The van der Waals surface area contributed by atoms with E-state index in [0.717, 1.165) is 6.07 Å². The highest BCUT2D eigenvalue weighted by molar-refractivity contribution is 5.65. The van der Waals surface area contributed by atoms with E-state index in [1.165, 1.54) is 24.4 Å². The highest BCUT2D eigenvalue weighted by atomic mass is 19.2. The maximum Gasteiger partial charge on any atom is 0.182 e. The molecule has 0 unspecified atom stereocenters. The second-order valence-corrected chi connectivity index (χ2v) is 3.50. The average molecular weight is 246 g/mol. The Morgan fingerprint density at radius 2 is 2.11 bits per heavy atom.